The monoisotopic (exact) mass is 1070 g/mol. The van der Waals surface area contributed by atoms with E-state index in [9.17, 15) is 14.4 Å². The minimum atomic E-state index is -1.58. The fraction of sp³-hybridized carbons (Fsp3) is 0.375. The first-order chi connectivity index (χ1) is 36.3. The zero-order valence-electron chi connectivity index (χ0n) is 40.3. The fourth-order valence-electron chi connectivity index (χ4n) is 8.63. The van der Waals surface area contributed by atoms with E-state index in [1.165, 1.54) is 4.68 Å². The number of aliphatic hydroxyl groups excluding tert-OH is 4. The molecule has 4 aliphatic rings. The van der Waals surface area contributed by atoms with Crippen LogP contribution < -0.4 is 19.3 Å². The number of halogens is 2. The number of aldehydes is 1. The molecule has 0 aliphatic carbocycles. The molecule has 4 aliphatic heterocycles. The predicted octanol–water partition coefficient (Wildman–Crippen LogP) is 2.09. The van der Waals surface area contributed by atoms with E-state index in [1.54, 1.807) is 60.7 Å². The van der Waals surface area contributed by atoms with Crippen molar-refractivity contribution in [3.05, 3.63) is 101 Å². The SMILES string of the molecule is COc1cc(N2CCN(C(=O)Cn3nc(-c4ncc[nH]4)c4cccnc43)CC2)ccc1Cl.COc1cc(N2CCN(C(=O)Cn3nc(C=O)c4cccnc43)CC2)ccc1Cl.OC1OC2OC(O)C(O)OC2OC1O. The maximum Gasteiger partial charge on any atom is 0.244 e. The van der Waals surface area contributed by atoms with Crippen LogP contribution in [-0.4, -0.2) is 192 Å². The predicted molar refractivity (Wildman–Crippen MR) is 268 cm³/mol. The number of hydrogen-bond acceptors (Lipinski definition) is 20. The number of carbonyl (C=O) groups is 3. The van der Waals surface area contributed by atoms with Gasteiger partial charge < -0.3 is 73.4 Å². The third kappa shape index (κ3) is 11.9. The second kappa shape index (κ2) is 23.7. The maximum atomic E-state index is 13.1. The molecule has 11 rings (SSSR count). The standard InChI is InChI=1S/C22H22ClN7O2.C20H20ClN5O3.C6H10O8/c1-32-18-13-15(4-5-17(18)23)28-9-11-29(12-10-28)19(31)14-30-22-16(3-2-6-26-22)20(27-30)21-24-7-8-25-21;1-29-18-11-14(4-5-16(18)21)24-7-9-25(10-8-24)19(28)12-26-20-15(3-2-6-22-20)17(13-27)23-26;7-1-2(8)12-6-5(11-1)13-3(9)4(10)14-6/h2-8,13H,9-12,14H2,1H3,(H,24,25);2-6,11,13H,7-10,12H2,1H3;1-10H. The number of anilines is 2. The van der Waals surface area contributed by atoms with E-state index in [-0.39, 0.29) is 24.9 Å². The van der Waals surface area contributed by atoms with Crippen LogP contribution in [0.5, 0.6) is 11.5 Å². The maximum absolute atomic E-state index is 13.1. The molecule has 4 atom stereocenters. The molecule has 4 saturated heterocycles. The van der Waals surface area contributed by atoms with Gasteiger partial charge in [-0.25, -0.2) is 24.3 Å². The Morgan fingerprint density at radius 1 is 0.640 bits per heavy atom. The molecule has 75 heavy (non-hydrogen) atoms. The molecule has 2 aromatic carbocycles. The van der Waals surface area contributed by atoms with Gasteiger partial charge in [0.15, 0.2) is 23.4 Å². The molecule has 396 valence electrons. The second-order valence-electron chi connectivity index (χ2n) is 17.1. The van der Waals surface area contributed by atoms with Crippen molar-refractivity contribution >= 4 is 74.7 Å². The normalized spacial score (nSPS) is 21.7. The van der Waals surface area contributed by atoms with E-state index in [4.69, 9.17) is 53.1 Å². The molecule has 5 aromatic heterocycles. The van der Waals surface area contributed by atoms with Crippen LogP contribution in [0.15, 0.2) is 85.5 Å². The van der Waals surface area contributed by atoms with E-state index < -0.39 is 37.7 Å². The Morgan fingerprint density at radius 2 is 1.09 bits per heavy atom. The summed E-state index contributed by atoms with van der Waals surface area (Å²) in [5.74, 6) is 1.89. The second-order valence-corrected chi connectivity index (χ2v) is 17.9. The van der Waals surface area contributed by atoms with Gasteiger partial charge in [0.25, 0.3) is 0 Å². The van der Waals surface area contributed by atoms with Gasteiger partial charge in [0.1, 0.15) is 36.0 Å². The molecule has 0 radical (unpaired) electrons. The number of pyridine rings is 2. The number of methoxy groups -OCH3 is 2. The molecule has 7 aromatic rings. The quantitative estimate of drug-likeness (QED) is 0.123. The van der Waals surface area contributed by atoms with Crippen molar-refractivity contribution in [3.8, 4) is 23.0 Å². The van der Waals surface area contributed by atoms with Crippen LogP contribution in [0, 0.1) is 0 Å². The highest BCUT2D eigenvalue weighted by molar-refractivity contribution is 6.32. The lowest BCUT2D eigenvalue weighted by molar-refractivity contribution is -0.494. The fourth-order valence-corrected chi connectivity index (χ4v) is 9.02. The number of rotatable bonds is 10. The third-order valence-electron chi connectivity index (χ3n) is 12.5. The van der Waals surface area contributed by atoms with Crippen molar-refractivity contribution in [2.75, 3.05) is 76.4 Å². The number of H-pyrrole nitrogens is 1. The molecule has 0 bridgehead atoms. The van der Waals surface area contributed by atoms with Gasteiger partial charge in [-0.05, 0) is 48.5 Å². The van der Waals surface area contributed by atoms with E-state index in [1.807, 2.05) is 53.4 Å². The zero-order chi connectivity index (χ0) is 52.8. The van der Waals surface area contributed by atoms with Gasteiger partial charge in [0.2, 0.25) is 49.6 Å². The van der Waals surface area contributed by atoms with Gasteiger partial charge in [-0.15, -0.1) is 0 Å². The van der Waals surface area contributed by atoms with Crippen molar-refractivity contribution in [3.63, 3.8) is 0 Å². The summed E-state index contributed by atoms with van der Waals surface area (Å²) in [5, 5.41) is 47.5. The summed E-state index contributed by atoms with van der Waals surface area (Å²) < 4.78 is 32.5. The Hall–Kier alpha value is -7.04. The van der Waals surface area contributed by atoms with E-state index in [2.05, 4.69) is 58.9 Å². The number of aromatic nitrogens is 8. The average Bonchev–Trinajstić information content (AvgIpc) is 4.20. The largest absolute Gasteiger partial charge is 0.495 e. The Morgan fingerprint density at radius 3 is 1.53 bits per heavy atom. The van der Waals surface area contributed by atoms with Crippen molar-refractivity contribution in [2.45, 2.75) is 50.8 Å². The number of ether oxygens (including phenoxy) is 6. The number of aliphatic hydroxyl groups is 4. The van der Waals surface area contributed by atoms with Crippen molar-refractivity contribution in [2.24, 2.45) is 0 Å². The van der Waals surface area contributed by atoms with Gasteiger partial charge in [-0.2, -0.15) is 10.2 Å². The Labute approximate surface area is 437 Å². The summed E-state index contributed by atoms with van der Waals surface area (Å²) >= 11 is 12.2. The van der Waals surface area contributed by atoms with Crippen LogP contribution in [0.1, 0.15) is 10.5 Å². The van der Waals surface area contributed by atoms with Crippen LogP contribution in [0.4, 0.5) is 11.4 Å². The summed E-state index contributed by atoms with van der Waals surface area (Å²) in [4.78, 5) is 61.2. The highest BCUT2D eigenvalue weighted by Crippen LogP contribution is 2.32. The number of hydrogen-bond donors (Lipinski definition) is 5. The highest BCUT2D eigenvalue weighted by Gasteiger charge is 2.46. The number of aromatic amines is 1. The van der Waals surface area contributed by atoms with Crippen LogP contribution in [0.3, 0.4) is 0 Å². The number of fused-ring (bicyclic) bond motifs is 3. The van der Waals surface area contributed by atoms with Gasteiger partial charge in [-0.1, -0.05) is 23.2 Å². The Kier molecular flexibility index (Phi) is 16.7. The van der Waals surface area contributed by atoms with Gasteiger partial charge in [-0.3, -0.25) is 14.4 Å². The van der Waals surface area contributed by atoms with Gasteiger partial charge >= 0.3 is 0 Å². The summed E-state index contributed by atoms with van der Waals surface area (Å²) in [5.41, 5.74) is 4.23. The molecular formula is C48H52Cl2N12O13. The van der Waals surface area contributed by atoms with Crippen LogP contribution in [-0.2, 0) is 41.6 Å². The zero-order valence-corrected chi connectivity index (χ0v) is 41.8. The summed E-state index contributed by atoms with van der Waals surface area (Å²) in [6, 6.07) is 18.7. The molecule has 27 heteroatoms. The van der Waals surface area contributed by atoms with Gasteiger partial charge in [0.05, 0.1) is 29.7 Å². The number of nitrogens with zero attached hydrogens (tertiary/aromatic N) is 11. The molecule has 5 N–H and O–H groups in total. The number of nitrogens with one attached hydrogen (secondary N) is 1. The number of amides is 2. The van der Waals surface area contributed by atoms with E-state index >= 15 is 0 Å². The van der Waals surface area contributed by atoms with Crippen molar-refractivity contribution < 1.29 is 63.2 Å². The smallest absolute Gasteiger partial charge is 0.244 e. The average molecular weight is 1080 g/mol. The topological polar surface area (TPSA) is 291 Å². The Balaban J connectivity index is 0.000000148. The van der Waals surface area contributed by atoms with E-state index in [0.717, 1.165) is 29.9 Å². The lowest BCUT2D eigenvalue weighted by Gasteiger charge is -2.42. The first kappa shape index (κ1) is 52.8. The van der Waals surface area contributed by atoms with Crippen LogP contribution >= 0.6 is 23.2 Å². The number of carbonyl (C=O) groups excluding carboxylic acids is 3. The number of piperazine rings is 2. The summed E-state index contributed by atoms with van der Waals surface area (Å²) in [6.07, 6.45) is -1.26. The molecule has 25 nitrogen and oxygen atoms in total. The molecule has 9 heterocycles. The van der Waals surface area contributed by atoms with Crippen LogP contribution in [0.25, 0.3) is 33.6 Å². The number of benzene rings is 2. The summed E-state index contributed by atoms with van der Waals surface area (Å²) in [7, 11) is 3.19. The third-order valence-corrected chi connectivity index (χ3v) is 13.1. The minimum Gasteiger partial charge on any atom is -0.495 e. The lowest BCUT2D eigenvalue weighted by atomic mass is 10.2. The molecular weight excluding hydrogens is 1020 g/mol. The molecule has 2 amide bonds. The highest BCUT2D eigenvalue weighted by atomic mass is 35.5. The minimum absolute atomic E-state index is 0.0133. The van der Waals surface area contributed by atoms with E-state index in [0.29, 0.717) is 101 Å². The van der Waals surface area contributed by atoms with Gasteiger partial charge in [0, 0.05) is 106 Å². The lowest BCUT2D eigenvalue weighted by Crippen LogP contribution is -2.58. The molecule has 4 unspecified atom stereocenters. The Bertz CT molecular complexity index is 3050. The molecule has 4 fully saturated rings. The molecule has 0 spiro atoms. The first-order valence-corrected chi connectivity index (χ1v) is 24.2. The molecule has 0 saturated carbocycles. The first-order valence-electron chi connectivity index (χ1n) is 23.5. The summed E-state index contributed by atoms with van der Waals surface area (Å²) in [6.45, 7) is 5.48. The van der Waals surface area contributed by atoms with Crippen molar-refractivity contribution in [1.82, 2.24) is 49.3 Å². The van der Waals surface area contributed by atoms with Crippen molar-refractivity contribution in [1.29, 1.82) is 0 Å². The number of imidazole rings is 1. The van der Waals surface area contributed by atoms with Crippen LogP contribution in [0.2, 0.25) is 10.0 Å².